The van der Waals surface area contributed by atoms with Crippen LogP contribution in [-0.2, 0) is 0 Å². The van der Waals surface area contributed by atoms with Crippen LogP contribution in [0, 0.1) is 13.8 Å². The van der Waals surface area contributed by atoms with Crippen LogP contribution in [0.25, 0.3) is 16.6 Å². The third-order valence-corrected chi connectivity index (χ3v) is 5.67. The van der Waals surface area contributed by atoms with Crippen LogP contribution in [0.15, 0.2) is 65.1 Å². The number of fused-ring (bicyclic) bond motifs is 1. The van der Waals surface area contributed by atoms with E-state index in [1.54, 1.807) is 0 Å². The monoisotopic (exact) mass is 450 g/mol. The number of amides is 2. The Balaban J connectivity index is 1.53. The second kappa shape index (κ2) is 7.60. The minimum atomic E-state index is -0.432. The fourth-order valence-electron chi connectivity index (χ4n) is 3.47. The van der Waals surface area contributed by atoms with Crippen LogP contribution in [0.1, 0.15) is 32.2 Å². The first kappa shape index (κ1) is 19.0. The van der Waals surface area contributed by atoms with Crippen molar-refractivity contribution in [2.75, 3.05) is 0 Å². The minimum absolute atomic E-state index is 0.348. The summed E-state index contributed by atoms with van der Waals surface area (Å²) in [6.07, 6.45) is 0. The van der Waals surface area contributed by atoms with Gasteiger partial charge in [-0.15, -0.1) is 0 Å². The fourth-order valence-corrected chi connectivity index (χ4v) is 4.10. The van der Waals surface area contributed by atoms with Gasteiger partial charge >= 0.3 is 0 Å². The predicted molar refractivity (Wildman–Crippen MR) is 116 cm³/mol. The van der Waals surface area contributed by atoms with Crippen molar-refractivity contribution in [2.24, 2.45) is 0 Å². The summed E-state index contributed by atoms with van der Waals surface area (Å²) >= 11 is 3.45. The molecule has 0 unspecified atom stereocenters. The van der Waals surface area contributed by atoms with Crippen molar-refractivity contribution >= 4 is 38.6 Å². The number of aromatic nitrogens is 2. The minimum Gasteiger partial charge on any atom is -0.350 e. The SMILES string of the molecule is Cc1cc(C(=O)NNC(=O)c2[nH]c3ccccc3c2Br)c(C)n1-c1ccccc1. The summed E-state index contributed by atoms with van der Waals surface area (Å²) in [4.78, 5) is 28.3. The fraction of sp³-hybridized carbons (Fsp3) is 0.0909. The summed E-state index contributed by atoms with van der Waals surface area (Å²) in [7, 11) is 0. The van der Waals surface area contributed by atoms with Crippen LogP contribution in [0.5, 0.6) is 0 Å². The molecule has 0 atom stereocenters. The summed E-state index contributed by atoms with van der Waals surface area (Å²) in [5.74, 6) is -0.806. The van der Waals surface area contributed by atoms with Gasteiger partial charge in [0.05, 0.1) is 10.0 Å². The van der Waals surface area contributed by atoms with Crippen molar-refractivity contribution in [3.05, 3.63) is 87.8 Å². The van der Waals surface area contributed by atoms with Gasteiger partial charge in [0, 0.05) is 28.0 Å². The highest BCUT2D eigenvalue weighted by Crippen LogP contribution is 2.27. The smallest absolute Gasteiger partial charge is 0.287 e. The Kier molecular flexibility index (Phi) is 4.98. The van der Waals surface area contributed by atoms with E-state index in [4.69, 9.17) is 0 Å². The maximum Gasteiger partial charge on any atom is 0.287 e. The maximum atomic E-state index is 12.7. The second-order valence-corrected chi connectivity index (χ2v) is 7.52. The Labute approximate surface area is 176 Å². The number of halogens is 1. The largest absolute Gasteiger partial charge is 0.350 e. The lowest BCUT2D eigenvalue weighted by atomic mass is 10.2. The first-order valence-corrected chi connectivity index (χ1v) is 9.88. The number of carbonyl (C=O) groups is 2. The number of aryl methyl sites for hydroxylation is 1. The first-order valence-electron chi connectivity index (χ1n) is 9.08. The molecule has 0 saturated heterocycles. The van der Waals surface area contributed by atoms with Crippen molar-refractivity contribution in [2.45, 2.75) is 13.8 Å². The van der Waals surface area contributed by atoms with Crippen LogP contribution >= 0.6 is 15.9 Å². The summed E-state index contributed by atoms with van der Waals surface area (Å²) in [5, 5.41) is 0.899. The van der Waals surface area contributed by atoms with Gasteiger partial charge in [-0.05, 0) is 54.0 Å². The van der Waals surface area contributed by atoms with E-state index in [2.05, 4.69) is 31.8 Å². The molecule has 0 radical (unpaired) electrons. The van der Waals surface area contributed by atoms with Crippen molar-refractivity contribution in [3.63, 3.8) is 0 Å². The van der Waals surface area contributed by atoms with Gasteiger partial charge < -0.3 is 9.55 Å². The van der Waals surface area contributed by atoms with E-state index in [1.807, 2.05) is 79.1 Å². The highest BCUT2D eigenvalue weighted by atomic mass is 79.9. The lowest BCUT2D eigenvalue weighted by molar-refractivity contribution is 0.0843. The number of hydrazine groups is 1. The highest BCUT2D eigenvalue weighted by Gasteiger charge is 2.19. The van der Waals surface area contributed by atoms with E-state index in [1.165, 1.54) is 0 Å². The number of nitrogens with one attached hydrogen (secondary N) is 3. The molecule has 2 amide bonds. The molecule has 7 heteroatoms. The molecule has 6 nitrogen and oxygen atoms in total. The molecule has 29 heavy (non-hydrogen) atoms. The Morgan fingerprint density at radius 2 is 1.59 bits per heavy atom. The van der Waals surface area contributed by atoms with Crippen LogP contribution < -0.4 is 10.9 Å². The van der Waals surface area contributed by atoms with E-state index in [9.17, 15) is 9.59 Å². The van der Waals surface area contributed by atoms with Gasteiger partial charge in [0.15, 0.2) is 0 Å². The Bertz CT molecular complexity index is 1220. The lowest BCUT2D eigenvalue weighted by Crippen LogP contribution is -2.42. The van der Waals surface area contributed by atoms with E-state index in [0.29, 0.717) is 15.7 Å². The molecular weight excluding hydrogens is 432 g/mol. The molecule has 0 bridgehead atoms. The quantitative estimate of drug-likeness (QED) is 0.404. The normalized spacial score (nSPS) is 10.9. The van der Waals surface area contributed by atoms with Crippen molar-refractivity contribution < 1.29 is 9.59 Å². The molecule has 3 N–H and O–H groups in total. The third-order valence-electron chi connectivity index (χ3n) is 4.85. The predicted octanol–water partition coefficient (Wildman–Crippen LogP) is 4.41. The number of para-hydroxylation sites is 2. The van der Waals surface area contributed by atoms with Crippen LogP contribution in [0.2, 0.25) is 0 Å². The number of carbonyl (C=O) groups excluding carboxylic acids is 2. The van der Waals surface area contributed by atoms with Gasteiger partial charge in [-0.2, -0.15) is 0 Å². The third kappa shape index (κ3) is 3.45. The Hall–Kier alpha value is -3.32. The molecule has 4 rings (SSSR count). The Morgan fingerprint density at radius 1 is 0.931 bits per heavy atom. The van der Waals surface area contributed by atoms with Crippen molar-refractivity contribution in [3.8, 4) is 5.69 Å². The maximum absolute atomic E-state index is 12.7. The molecule has 0 aliphatic heterocycles. The zero-order valence-electron chi connectivity index (χ0n) is 15.9. The number of H-pyrrole nitrogens is 1. The van der Waals surface area contributed by atoms with E-state index in [-0.39, 0.29) is 5.91 Å². The Morgan fingerprint density at radius 3 is 2.31 bits per heavy atom. The molecule has 0 aliphatic carbocycles. The average Bonchev–Trinajstić information content (AvgIpc) is 3.23. The summed E-state index contributed by atoms with van der Waals surface area (Å²) in [6, 6.07) is 19.2. The number of rotatable bonds is 3. The molecule has 4 aromatic rings. The molecule has 0 fully saturated rings. The van der Waals surface area contributed by atoms with E-state index < -0.39 is 5.91 Å². The number of hydrogen-bond acceptors (Lipinski definition) is 2. The standard InChI is InChI=1S/C22H19BrN4O2/c1-13-12-17(14(2)27(13)15-8-4-3-5-9-15)21(28)25-26-22(29)20-19(23)16-10-6-7-11-18(16)24-20/h3-12,24H,1-2H3,(H,25,28)(H,26,29). The highest BCUT2D eigenvalue weighted by molar-refractivity contribution is 9.10. The second-order valence-electron chi connectivity index (χ2n) is 6.72. The molecule has 2 aromatic heterocycles. The molecule has 2 heterocycles. The topological polar surface area (TPSA) is 78.9 Å². The van der Waals surface area contributed by atoms with Crippen molar-refractivity contribution in [1.29, 1.82) is 0 Å². The zero-order valence-corrected chi connectivity index (χ0v) is 17.5. The summed E-state index contributed by atoms with van der Waals surface area (Å²) < 4.78 is 2.66. The van der Waals surface area contributed by atoms with E-state index >= 15 is 0 Å². The van der Waals surface area contributed by atoms with Crippen LogP contribution in [-0.4, -0.2) is 21.4 Å². The van der Waals surface area contributed by atoms with Gasteiger partial charge in [0.25, 0.3) is 11.8 Å². The van der Waals surface area contributed by atoms with Gasteiger partial charge in [0.2, 0.25) is 0 Å². The van der Waals surface area contributed by atoms with Crippen molar-refractivity contribution in [1.82, 2.24) is 20.4 Å². The number of nitrogens with zero attached hydrogens (tertiary/aromatic N) is 1. The molecular formula is C22H19BrN4O2. The molecule has 0 saturated carbocycles. The van der Waals surface area contributed by atoms with Crippen LogP contribution in [0.3, 0.4) is 0 Å². The van der Waals surface area contributed by atoms with Crippen LogP contribution in [0.4, 0.5) is 0 Å². The summed E-state index contributed by atoms with van der Waals surface area (Å²) in [6.45, 7) is 3.82. The van der Waals surface area contributed by atoms with Gasteiger partial charge in [-0.25, -0.2) is 0 Å². The van der Waals surface area contributed by atoms with Gasteiger partial charge in [0.1, 0.15) is 5.69 Å². The number of aromatic amines is 1. The van der Waals surface area contributed by atoms with E-state index in [0.717, 1.165) is 28.0 Å². The number of benzene rings is 2. The molecule has 146 valence electrons. The average molecular weight is 451 g/mol. The lowest BCUT2D eigenvalue weighted by Gasteiger charge is -2.10. The molecule has 2 aromatic carbocycles. The van der Waals surface area contributed by atoms with Gasteiger partial charge in [-0.1, -0.05) is 36.4 Å². The molecule has 0 spiro atoms. The molecule has 0 aliphatic rings. The van der Waals surface area contributed by atoms with Gasteiger partial charge in [-0.3, -0.25) is 20.4 Å². The summed E-state index contributed by atoms with van der Waals surface area (Å²) in [5.41, 5.74) is 9.39. The number of hydrogen-bond donors (Lipinski definition) is 3. The zero-order chi connectivity index (χ0) is 20.5. The first-order chi connectivity index (χ1) is 14.0.